The fraction of sp³-hybridized carbons (Fsp3) is 0.385. The third kappa shape index (κ3) is 2.64. The third-order valence-corrected chi connectivity index (χ3v) is 2.92. The molecule has 4 nitrogen and oxygen atoms in total. The van der Waals surface area contributed by atoms with Crippen LogP contribution in [0.3, 0.4) is 0 Å². The second-order valence-corrected chi connectivity index (χ2v) is 4.38. The maximum atomic E-state index is 11.6. The topological polar surface area (TPSA) is 63.6 Å². The van der Waals surface area contributed by atoms with Crippen LogP contribution in [0.2, 0.25) is 0 Å². The average molecular weight is 236 g/mol. The number of esters is 1. The summed E-state index contributed by atoms with van der Waals surface area (Å²) in [4.78, 5) is 22.8. The van der Waals surface area contributed by atoms with Crippen molar-refractivity contribution in [1.29, 1.82) is 0 Å². The lowest BCUT2D eigenvalue weighted by Gasteiger charge is -2.30. The van der Waals surface area contributed by atoms with Crippen LogP contribution >= 0.6 is 0 Å². The summed E-state index contributed by atoms with van der Waals surface area (Å²) in [6.07, 6.45) is 0. The zero-order valence-corrected chi connectivity index (χ0v) is 10.1. The van der Waals surface area contributed by atoms with E-state index in [1.165, 1.54) is 7.11 Å². The number of carbonyl (C=O) groups is 2. The maximum absolute atomic E-state index is 11.6. The molecule has 1 N–H and O–H groups in total. The van der Waals surface area contributed by atoms with Gasteiger partial charge in [-0.05, 0) is 5.56 Å². The van der Waals surface area contributed by atoms with Gasteiger partial charge in [0.05, 0.1) is 7.11 Å². The van der Waals surface area contributed by atoms with Gasteiger partial charge in [0.15, 0.2) is 5.92 Å². The molecule has 0 unspecified atom stereocenters. The third-order valence-electron chi connectivity index (χ3n) is 2.92. The van der Waals surface area contributed by atoms with E-state index in [1.807, 2.05) is 18.2 Å². The molecule has 1 aromatic carbocycles. The summed E-state index contributed by atoms with van der Waals surface area (Å²) in [5.74, 6) is -3.12. The van der Waals surface area contributed by atoms with Crippen molar-refractivity contribution in [1.82, 2.24) is 0 Å². The second-order valence-electron chi connectivity index (χ2n) is 4.38. The number of hydrogen-bond donors (Lipinski definition) is 1. The molecule has 0 aliphatic rings. The molecule has 0 spiro atoms. The minimum absolute atomic E-state index is 0.730. The van der Waals surface area contributed by atoms with Gasteiger partial charge in [-0.1, -0.05) is 44.2 Å². The molecule has 0 amide bonds. The highest BCUT2D eigenvalue weighted by Crippen LogP contribution is 2.32. The number of benzene rings is 1. The Balaban J connectivity index is 3.18. The summed E-state index contributed by atoms with van der Waals surface area (Å²) in [5, 5.41) is 9.17. The zero-order valence-electron chi connectivity index (χ0n) is 10.1. The predicted octanol–water partition coefficient (Wildman–Crippen LogP) is 1.84. The Morgan fingerprint density at radius 1 is 1.24 bits per heavy atom. The van der Waals surface area contributed by atoms with Gasteiger partial charge in [0.2, 0.25) is 0 Å². The van der Waals surface area contributed by atoms with Crippen molar-refractivity contribution in [3.63, 3.8) is 0 Å². The lowest BCUT2D eigenvalue weighted by atomic mass is 9.73. The minimum atomic E-state index is -1.21. The van der Waals surface area contributed by atoms with Crippen LogP contribution in [0.5, 0.6) is 0 Å². The smallest absolute Gasteiger partial charge is 0.320 e. The van der Waals surface area contributed by atoms with E-state index in [9.17, 15) is 14.7 Å². The highest BCUT2D eigenvalue weighted by Gasteiger charge is 2.43. The molecule has 1 rings (SSSR count). The molecule has 0 fully saturated rings. The number of carbonyl (C=O) groups excluding carboxylic acids is 1. The van der Waals surface area contributed by atoms with Gasteiger partial charge in [0, 0.05) is 5.41 Å². The van der Waals surface area contributed by atoms with E-state index in [2.05, 4.69) is 4.74 Å². The molecule has 0 bridgehead atoms. The van der Waals surface area contributed by atoms with Crippen LogP contribution in [0.1, 0.15) is 19.4 Å². The summed E-state index contributed by atoms with van der Waals surface area (Å²) in [6, 6.07) is 9.08. The fourth-order valence-electron chi connectivity index (χ4n) is 1.86. The van der Waals surface area contributed by atoms with Gasteiger partial charge < -0.3 is 9.84 Å². The Kier molecular flexibility index (Phi) is 3.89. The summed E-state index contributed by atoms with van der Waals surface area (Å²) in [6.45, 7) is 3.44. The molecule has 4 heteroatoms. The van der Waals surface area contributed by atoms with Crippen LogP contribution in [-0.2, 0) is 19.7 Å². The fourth-order valence-corrected chi connectivity index (χ4v) is 1.86. The van der Waals surface area contributed by atoms with Crippen LogP contribution in [-0.4, -0.2) is 24.2 Å². The Morgan fingerprint density at radius 2 is 1.76 bits per heavy atom. The van der Waals surface area contributed by atoms with Gasteiger partial charge in [-0.2, -0.15) is 0 Å². The van der Waals surface area contributed by atoms with Crippen LogP contribution in [0.15, 0.2) is 30.3 Å². The Morgan fingerprint density at radius 3 is 2.18 bits per heavy atom. The average Bonchev–Trinajstić information content (AvgIpc) is 2.29. The van der Waals surface area contributed by atoms with Gasteiger partial charge in [-0.3, -0.25) is 9.59 Å². The van der Waals surface area contributed by atoms with Crippen molar-refractivity contribution in [3.8, 4) is 0 Å². The van der Waals surface area contributed by atoms with Gasteiger partial charge in [-0.25, -0.2) is 0 Å². The quantitative estimate of drug-likeness (QED) is 0.640. The molecule has 0 saturated carbocycles. The number of rotatable bonds is 4. The second kappa shape index (κ2) is 4.99. The monoisotopic (exact) mass is 236 g/mol. The molecule has 0 aliphatic heterocycles. The number of hydrogen-bond acceptors (Lipinski definition) is 3. The summed E-state index contributed by atoms with van der Waals surface area (Å²) >= 11 is 0. The highest BCUT2D eigenvalue weighted by molar-refractivity contribution is 5.95. The van der Waals surface area contributed by atoms with Crippen molar-refractivity contribution in [2.75, 3.05) is 7.11 Å². The molecule has 1 atom stereocenters. The molecule has 1 aromatic rings. The molecule has 0 aliphatic carbocycles. The number of ether oxygens (including phenoxy) is 1. The minimum Gasteiger partial charge on any atom is -0.481 e. The van der Waals surface area contributed by atoms with Crippen LogP contribution in [0.25, 0.3) is 0 Å². The van der Waals surface area contributed by atoms with Crippen molar-refractivity contribution in [2.45, 2.75) is 19.3 Å². The zero-order chi connectivity index (χ0) is 13.1. The number of methoxy groups -OCH3 is 1. The summed E-state index contributed by atoms with van der Waals surface area (Å²) in [7, 11) is 1.19. The maximum Gasteiger partial charge on any atom is 0.320 e. The molecule has 0 saturated heterocycles. The first-order chi connectivity index (χ1) is 7.91. The van der Waals surface area contributed by atoms with Crippen molar-refractivity contribution in [3.05, 3.63) is 35.9 Å². The van der Waals surface area contributed by atoms with Gasteiger partial charge in [0.1, 0.15) is 0 Å². The van der Waals surface area contributed by atoms with E-state index in [1.54, 1.807) is 26.0 Å². The van der Waals surface area contributed by atoms with E-state index < -0.39 is 23.3 Å². The largest absolute Gasteiger partial charge is 0.481 e. The predicted molar refractivity (Wildman–Crippen MR) is 62.6 cm³/mol. The molecule has 0 heterocycles. The summed E-state index contributed by atoms with van der Waals surface area (Å²) < 4.78 is 4.56. The molecular formula is C13H16O4. The van der Waals surface area contributed by atoms with Gasteiger partial charge >= 0.3 is 11.9 Å². The first-order valence-electron chi connectivity index (χ1n) is 5.27. The van der Waals surface area contributed by atoms with Crippen molar-refractivity contribution in [2.24, 2.45) is 5.92 Å². The standard InChI is InChI=1S/C13H16O4/c1-13(2,9-7-5-4-6-8-9)10(11(14)15)12(16)17-3/h4-8,10H,1-3H3,(H,14,15)/t10-/m0/s1. The normalized spacial score (nSPS) is 12.9. The summed E-state index contributed by atoms with van der Waals surface area (Å²) in [5.41, 5.74) is -0.0296. The Bertz CT molecular complexity index is 409. The molecule has 0 radical (unpaired) electrons. The van der Waals surface area contributed by atoms with E-state index in [4.69, 9.17) is 0 Å². The van der Waals surface area contributed by atoms with E-state index in [0.717, 1.165) is 5.56 Å². The van der Waals surface area contributed by atoms with E-state index in [0.29, 0.717) is 0 Å². The number of carboxylic acid groups (broad SMARTS) is 1. The van der Waals surface area contributed by atoms with Gasteiger partial charge in [-0.15, -0.1) is 0 Å². The lowest BCUT2D eigenvalue weighted by molar-refractivity contribution is -0.159. The van der Waals surface area contributed by atoms with Crippen LogP contribution in [0, 0.1) is 5.92 Å². The first kappa shape index (κ1) is 13.2. The van der Waals surface area contributed by atoms with Crippen molar-refractivity contribution >= 4 is 11.9 Å². The molecule has 17 heavy (non-hydrogen) atoms. The molecular weight excluding hydrogens is 220 g/mol. The van der Waals surface area contributed by atoms with Gasteiger partial charge in [0.25, 0.3) is 0 Å². The Hall–Kier alpha value is -1.84. The first-order valence-corrected chi connectivity index (χ1v) is 5.27. The number of aliphatic carboxylic acids is 1. The van der Waals surface area contributed by atoms with Crippen molar-refractivity contribution < 1.29 is 19.4 Å². The van der Waals surface area contributed by atoms with E-state index >= 15 is 0 Å². The molecule has 0 aromatic heterocycles. The van der Waals surface area contributed by atoms with Crippen LogP contribution in [0.4, 0.5) is 0 Å². The van der Waals surface area contributed by atoms with E-state index in [-0.39, 0.29) is 0 Å². The highest BCUT2D eigenvalue weighted by atomic mass is 16.5. The lowest BCUT2D eigenvalue weighted by Crippen LogP contribution is -2.41. The Labute approximate surface area is 100 Å². The molecule has 92 valence electrons. The number of carboxylic acids is 1. The SMILES string of the molecule is COC(=O)[C@H](C(=O)O)C(C)(C)c1ccccc1. The van der Waals surface area contributed by atoms with Crippen LogP contribution < -0.4 is 0 Å².